The van der Waals surface area contributed by atoms with Gasteiger partial charge in [-0.2, -0.15) is 0 Å². The fraction of sp³-hybridized carbons (Fsp3) is 0.500. The van der Waals surface area contributed by atoms with Crippen molar-refractivity contribution in [2.45, 2.75) is 40.7 Å². The van der Waals surface area contributed by atoms with Crippen LogP contribution in [0.1, 0.15) is 45.1 Å². The first-order chi connectivity index (χ1) is 8.41. The summed E-state index contributed by atoms with van der Waals surface area (Å²) in [5.74, 6) is 1.03. The minimum absolute atomic E-state index is 0.138. The van der Waals surface area contributed by atoms with Crippen molar-refractivity contribution in [3.05, 3.63) is 35.6 Å². The summed E-state index contributed by atoms with van der Waals surface area (Å²) in [6.07, 6.45) is 0. The lowest BCUT2D eigenvalue weighted by molar-refractivity contribution is 0.244. The van der Waals surface area contributed by atoms with Crippen LogP contribution in [0.2, 0.25) is 0 Å². The molecule has 0 fully saturated rings. The molecule has 2 heteroatoms. The van der Waals surface area contributed by atoms with Gasteiger partial charge in [0.05, 0.1) is 6.04 Å². The summed E-state index contributed by atoms with van der Waals surface area (Å²) in [6.45, 7) is 11.9. The van der Waals surface area contributed by atoms with Crippen LogP contribution < -0.4 is 5.32 Å². The summed E-state index contributed by atoms with van der Waals surface area (Å²) in [4.78, 5) is 0. The highest BCUT2D eigenvalue weighted by atomic mass is 16.3. The molecular formula is C16H23NO. The molecule has 1 aromatic carbocycles. The molecule has 98 valence electrons. The molecule has 2 aromatic rings. The minimum atomic E-state index is 0.138. The Bertz CT molecular complexity index is 534. The Labute approximate surface area is 109 Å². The van der Waals surface area contributed by atoms with Crippen molar-refractivity contribution in [2.75, 3.05) is 6.54 Å². The van der Waals surface area contributed by atoms with Crippen LogP contribution in [0, 0.1) is 12.3 Å². The summed E-state index contributed by atoms with van der Waals surface area (Å²) < 4.78 is 6.00. The molecule has 1 heterocycles. The molecule has 1 unspecified atom stereocenters. The Morgan fingerprint density at radius 2 is 1.94 bits per heavy atom. The third-order valence-electron chi connectivity index (χ3n) is 3.25. The summed E-state index contributed by atoms with van der Waals surface area (Å²) >= 11 is 0. The molecule has 0 aliphatic heterocycles. The van der Waals surface area contributed by atoms with E-state index >= 15 is 0 Å². The van der Waals surface area contributed by atoms with Gasteiger partial charge in [0.25, 0.3) is 0 Å². The van der Waals surface area contributed by atoms with Gasteiger partial charge in [0, 0.05) is 5.39 Å². The van der Waals surface area contributed by atoms with Crippen molar-refractivity contribution in [3.8, 4) is 0 Å². The molecule has 18 heavy (non-hydrogen) atoms. The summed E-state index contributed by atoms with van der Waals surface area (Å²) in [5, 5.41) is 4.71. The van der Waals surface area contributed by atoms with Crippen molar-refractivity contribution in [1.82, 2.24) is 5.32 Å². The first-order valence-electron chi connectivity index (χ1n) is 6.65. The van der Waals surface area contributed by atoms with E-state index in [1.165, 1.54) is 10.9 Å². The molecular weight excluding hydrogens is 222 g/mol. The van der Waals surface area contributed by atoms with Gasteiger partial charge in [-0.3, -0.25) is 0 Å². The van der Waals surface area contributed by atoms with Gasteiger partial charge in [0.15, 0.2) is 0 Å². The van der Waals surface area contributed by atoms with Crippen LogP contribution in [0.3, 0.4) is 0 Å². The predicted octanol–water partition coefficient (Wildman–Crippen LogP) is 4.44. The topological polar surface area (TPSA) is 25.2 Å². The van der Waals surface area contributed by atoms with Crippen LogP contribution >= 0.6 is 0 Å². The van der Waals surface area contributed by atoms with Crippen molar-refractivity contribution in [2.24, 2.45) is 5.41 Å². The van der Waals surface area contributed by atoms with Gasteiger partial charge in [0.2, 0.25) is 0 Å². The first kappa shape index (κ1) is 13.2. The third-order valence-corrected chi connectivity index (χ3v) is 3.25. The number of hydrogen-bond acceptors (Lipinski definition) is 2. The van der Waals surface area contributed by atoms with E-state index in [0.717, 1.165) is 17.9 Å². The zero-order valence-electron chi connectivity index (χ0n) is 12.0. The summed E-state index contributed by atoms with van der Waals surface area (Å²) in [7, 11) is 0. The Morgan fingerprint density at radius 3 is 2.56 bits per heavy atom. The van der Waals surface area contributed by atoms with Crippen molar-refractivity contribution < 1.29 is 4.42 Å². The van der Waals surface area contributed by atoms with E-state index in [1.807, 2.05) is 0 Å². The van der Waals surface area contributed by atoms with E-state index < -0.39 is 0 Å². The Morgan fingerprint density at radius 1 is 1.22 bits per heavy atom. The lowest BCUT2D eigenvalue weighted by Crippen LogP contribution is -2.31. The maximum absolute atomic E-state index is 6.00. The van der Waals surface area contributed by atoms with Gasteiger partial charge < -0.3 is 9.73 Å². The zero-order chi connectivity index (χ0) is 13.3. The van der Waals surface area contributed by atoms with E-state index in [1.54, 1.807) is 0 Å². The second kappa shape index (κ2) is 4.77. The minimum Gasteiger partial charge on any atom is -0.459 e. The zero-order valence-corrected chi connectivity index (χ0v) is 12.0. The molecule has 0 amide bonds. The van der Waals surface area contributed by atoms with Gasteiger partial charge in [0.1, 0.15) is 11.3 Å². The van der Waals surface area contributed by atoms with E-state index in [2.05, 4.69) is 64.2 Å². The van der Waals surface area contributed by atoms with Crippen LogP contribution in [-0.4, -0.2) is 6.54 Å². The largest absolute Gasteiger partial charge is 0.459 e. The molecule has 2 rings (SSSR count). The molecule has 0 aliphatic carbocycles. The molecule has 1 atom stereocenters. The normalized spacial score (nSPS) is 14.1. The van der Waals surface area contributed by atoms with Crippen molar-refractivity contribution in [1.29, 1.82) is 0 Å². The average molecular weight is 245 g/mol. The maximum Gasteiger partial charge on any atom is 0.134 e. The lowest BCUT2D eigenvalue weighted by atomic mass is 9.85. The van der Waals surface area contributed by atoms with Gasteiger partial charge in [-0.05, 0) is 37.1 Å². The van der Waals surface area contributed by atoms with E-state index in [-0.39, 0.29) is 11.5 Å². The highest BCUT2D eigenvalue weighted by molar-refractivity contribution is 5.78. The molecule has 0 spiro atoms. The van der Waals surface area contributed by atoms with Crippen molar-refractivity contribution in [3.63, 3.8) is 0 Å². The van der Waals surface area contributed by atoms with E-state index in [4.69, 9.17) is 4.42 Å². The van der Waals surface area contributed by atoms with Crippen LogP contribution in [0.15, 0.2) is 28.7 Å². The summed E-state index contributed by atoms with van der Waals surface area (Å²) in [5.41, 5.74) is 2.38. The quantitative estimate of drug-likeness (QED) is 0.865. The Hall–Kier alpha value is -1.28. The molecule has 1 N–H and O–H groups in total. The number of rotatable bonds is 3. The van der Waals surface area contributed by atoms with Crippen LogP contribution in [0.25, 0.3) is 11.0 Å². The Balaban J connectivity index is 2.44. The van der Waals surface area contributed by atoms with Gasteiger partial charge in [-0.25, -0.2) is 0 Å². The lowest BCUT2D eigenvalue weighted by Gasteiger charge is -2.29. The molecule has 0 saturated carbocycles. The fourth-order valence-electron chi connectivity index (χ4n) is 2.36. The predicted molar refractivity (Wildman–Crippen MR) is 76.8 cm³/mol. The Kier molecular flexibility index (Phi) is 3.49. The van der Waals surface area contributed by atoms with Gasteiger partial charge in [-0.1, -0.05) is 39.3 Å². The second-order valence-electron chi connectivity index (χ2n) is 6.05. The number of aryl methyl sites for hydroxylation is 1. The highest BCUT2D eigenvalue weighted by Gasteiger charge is 2.28. The van der Waals surface area contributed by atoms with E-state index in [9.17, 15) is 0 Å². The third kappa shape index (κ3) is 2.59. The molecule has 0 radical (unpaired) electrons. The molecule has 0 aliphatic rings. The van der Waals surface area contributed by atoms with Crippen LogP contribution in [0.4, 0.5) is 0 Å². The smallest absolute Gasteiger partial charge is 0.134 e. The van der Waals surface area contributed by atoms with Gasteiger partial charge >= 0.3 is 0 Å². The number of hydrogen-bond donors (Lipinski definition) is 1. The number of fused-ring (bicyclic) bond motifs is 1. The molecule has 0 saturated heterocycles. The van der Waals surface area contributed by atoms with E-state index in [0.29, 0.717) is 0 Å². The number of benzene rings is 1. The highest BCUT2D eigenvalue weighted by Crippen LogP contribution is 2.35. The van der Waals surface area contributed by atoms with Gasteiger partial charge in [-0.15, -0.1) is 0 Å². The van der Waals surface area contributed by atoms with Crippen LogP contribution in [0.5, 0.6) is 0 Å². The number of furan rings is 1. The summed E-state index contributed by atoms with van der Waals surface area (Å²) in [6, 6.07) is 8.74. The fourth-order valence-corrected chi connectivity index (χ4v) is 2.36. The second-order valence-corrected chi connectivity index (χ2v) is 6.05. The monoisotopic (exact) mass is 245 g/mol. The molecule has 1 aromatic heterocycles. The first-order valence-corrected chi connectivity index (χ1v) is 6.65. The van der Waals surface area contributed by atoms with Crippen LogP contribution in [-0.2, 0) is 0 Å². The van der Waals surface area contributed by atoms with Crippen molar-refractivity contribution >= 4 is 11.0 Å². The molecule has 2 nitrogen and oxygen atoms in total. The number of nitrogens with one attached hydrogen (secondary N) is 1. The molecule has 0 bridgehead atoms. The SMILES string of the molecule is CCNC(c1cc2cc(C)ccc2o1)C(C)(C)C. The standard InChI is InChI=1S/C16H23NO/c1-6-17-15(16(3,4)5)14-10-12-9-11(2)7-8-13(12)18-14/h7-10,15,17H,6H2,1-5H3. The average Bonchev–Trinajstić information content (AvgIpc) is 2.66. The maximum atomic E-state index is 6.00.